The van der Waals surface area contributed by atoms with Crippen molar-refractivity contribution in [3.8, 4) is 0 Å². The molecular weight excluding hydrogens is 258 g/mol. The average molecular weight is 279 g/mol. The van der Waals surface area contributed by atoms with Gasteiger partial charge >= 0.3 is 6.03 Å². The molecule has 0 aliphatic heterocycles. The Balaban J connectivity index is 1.51. The van der Waals surface area contributed by atoms with Crippen molar-refractivity contribution in [1.82, 2.24) is 15.6 Å². The smallest absolute Gasteiger partial charge is 0.315 e. The van der Waals surface area contributed by atoms with Crippen molar-refractivity contribution in [1.29, 1.82) is 0 Å². The summed E-state index contributed by atoms with van der Waals surface area (Å²) >= 11 is 1.72. The van der Waals surface area contributed by atoms with E-state index in [0.717, 1.165) is 5.69 Å². The maximum atomic E-state index is 11.9. The molecule has 2 aliphatic carbocycles. The van der Waals surface area contributed by atoms with E-state index in [1.165, 1.54) is 30.7 Å². The first-order chi connectivity index (χ1) is 9.13. The molecule has 1 aromatic heterocycles. The summed E-state index contributed by atoms with van der Waals surface area (Å²) in [6, 6.07) is 0.188. The summed E-state index contributed by atoms with van der Waals surface area (Å²) in [5, 5.41) is 9.29. The number of aromatic nitrogens is 1. The van der Waals surface area contributed by atoms with Crippen LogP contribution in [0.1, 0.15) is 62.2 Å². The topological polar surface area (TPSA) is 54.0 Å². The van der Waals surface area contributed by atoms with Crippen LogP contribution in [-0.4, -0.2) is 17.1 Å². The monoisotopic (exact) mass is 279 g/mol. The van der Waals surface area contributed by atoms with Gasteiger partial charge in [0.15, 0.2) is 0 Å². The lowest BCUT2D eigenvalue weighted by molar-refractivity contribution is 0.233. The highest BCUT2D eigenvalue weighted by molar-refractivity contribution is 7.09. The first-order valence-electron chi connectivity index (χ1n) is 7.16. The summed E-state index contributed by atoms with van der Waals surface area (Å²) in [7, 11) is 0. The number of carbonyl (C=O) groups excluding carboxylic acids is 1. The molecule has 1 heterocycles. The van der Waals surface area contributed by atoms with Crippen molar-refractivity contribution in [2.24, 2.45) is 5.92 Å². The highest BCUT2D eigenvalue weighted by Crippen LogP contribution is 2.41. The highest BCUT2D eigenvalue weighted by Gasteiger charge is 2.30. The second kappa shape index (κ2) is 5.12. The molecule has 0 radical (unpaired) electrons. The van der Waals surface area contributed by atoms with Crippen LogP contribution >= 0.6 is 11.3 Å². The van der Waals surface area contributed by atoms with Crippen LogP contribution in [-0.2, 0) is 0 Å². The fourth-order valence-corrected chi connectivity index (χ4v) is 3.34. The Morgan fingerprint density at radius 2 is 2.05 bits per heavy atom. The van der Waals surface area contributed by atoms with Crippen molar-refractivity contribution in [2.45, 2.75) is 57.5 Å². The Hall–Kier alpha value is -1.10. The Labute approximate surface area is 118 Å². The fourth-order valence-electron chi connectivity index (χ4n) is 2.25. The van der Waals surface area contributed by atoms with E-state index in [1.807, 2.05) is 6.92 Å². The van der Waals surface area contributed by atoms with Gasteiger partial charge in [0.2, 0.25) is 0 Å². The molecule has 2 amide bonds. The SMILES string of the molecule is CC(NC(=O)NC(C)C1CC1)c1csc(C2CC2)n1. The zero-order chi connectivity index (χ0) is 13.4. The van der Waals surface area contributed by atoms with Crippen LogP contribution < -0.4 is 10.6 Å². The minimum absolute atomic E-state index is 0.0184. The maximum absolute atomic E-state index is 11.9. The predicted molar refractivity (Wildman–Crippen MR) is 76.4 cm³/mol. The van der Waals surface area contributed by atoms with Crippen LogP contribution in [0.2, 0.25) is 0 Å². The van der Waals surface area contributed by atoms with Crippen LogP contribution in [0.4, 0.5) is 4.79 Å². The third-order valence-electron chi connectivity index (χ3n) is 3.95. The number of carbonyl (C=O) groups is 1. The van der Waals surface area contributed by atoms with Gasteiger partial charge in [-0.25, -0.2) is 9.78 Å². The van der Waals surface area contributed by atoms with Crippen molar-refractivity contribution >= 4 is 17.4 Å². The van der Waals surface area contributed by atoms with Gasteiger partial charge in [0.1, 0.15) is 0 Å². The summed E-state index contributed by atoms with van der Waals surface area (Å²) in [6.45, 7) is 4.07. The molecule has 2 atom stereocenters. The molecule has 2 N–H and O–H groups in total. The number of urea groups is 1. The Morgan fingerprint density at radius 3 is 2.68 bits per heavy atom. The van der Waals surface area contributed by atoms with Crippen molar-refractivity contribution in [3.63, 3.8) is 0 Å². The van der Waals surface area contributed by atoms with E-state index in [-0.39, 0.29) is 18.1 Å². The fraction of sp³-hybridized carbons (Fsp3) is 0.714. The van der Waals surface area contributed by atoms with Crippen LogP contribution in [0.3, 0.4) is 0 Å². The molecule has 4 nitrogen and oxygen atoms in total. The van der Waals surface area contributed by atoms with E-state index < -0.39 is 0 Å². The van der Waals surface area contributed by atoms with Crippen LogP contribution in [0.15, 0.2) is 5.38 Å². The van der Waals surface area contributed by atoms with Gasteiger partial charge < -0.3 is 10.6 Å². The second-order valence-electron chi connectivity index (χ2n) is 5.85. The van der Waals surface area contributed by atoms with E-state index in [4.69, 9.17) is 0 Å². The summed E-state index contributed by atoms with van der Waals surface area (Å²) in [6.07, 6.45) is 5.03. The molecule has 19 heavy (non-hydrogen) atoms. The van der Waals surface area contributed by atoms with Crippen molar-refractivity contribution in [2.75, 3.05) is 0 Å². The molecule has 2 fully saturated rings. The van der Waals surface area contributed by atoms with Gasteiger partial charge in [0.05, 0.1) is 16.7 Å². The lowest BCUT2D eigenvalue weighted by atomic mass is 10.2. The molecule has 0 bridgehead atoms. The third kappa shape index (κ3) is 3.26. The zero-order valence-electron chi connectivity index (χ0n) is 11.5. The summed E-state index contributed by atoms with van der Waals surface area (Å²) in [5.41, 5.74) is 0.987. The molecule has 0 aromatic carbocycles. The third-order valence-corrected chi connectivity index (χ3v) is 4.97. The van der Waals surface area contributed by atoms with Crippen molar-refractivity contribution < 1.29 is 4.79 Å². The molecule has 3 rings (SSSR count). The van der Waals surface area contributed by atoms with Crippen LogP contribution in [0.25, 0.3) is 0 Å². The molecule has 2 unspecified atom stereocenters. The molecule has 1 aromatic rings. The standard InChI is InChI=1S/C14H21N3OS/c1-8(10-3-4-10)15-14(18)16-9(2)12-7-19-13(17-12)11-5-6-11/h7-11H,3-6H2,1-2H3,(H2,15,16,18). The van der Waals surface area contributed by atoms with E-state index in [9.17, 15) is 4.79 Å². The largest absolute Gasteiger partial charge is 0.335 e. The van der Waals surface area contributed by atoms with Crippen LogP contribution in [0.5, 0.6) is 0 Å². The minimum Gasteiger partial charge on any atom is -0.335 e. The lowest BCUT2D eigenvalue weighted by Gasteiger charge is -2.16. The summed E-state index contributed by atoms with van der Waals surface area (Å²) < 4.78 is 0. The number of rotatable bonds is 5. The molecule has 2 saturated carbocycles. The summed E-state index contributed by atoms with van der Waals surface area (Å²) in [4.78, 5) is 16.5. The Bertz CT molecular complexity index is 465. The number of hydrogen-bond donors (Lipinski definition) is 2. The van der Waals surface area contributed by atoms with E-state index in [1.54, 1.807) is 11.3 Å². The van der Waals surface area contributed by atoms with Gasteiger partial charge in [0, 0.05) is 17.3 Å². The maximum Gasteiger partial charge on any atom is 0.315 e. The molecule has 0 spiro atoms. The van der Waals surface area contributed by atoms with E-state index in [2.05, 4.69) is 27.9 Å². The zero-order valence-corrected chi connectivity index (χ0v) is 12.3. The minimum atomic E-state index is -0.0760. The van der Waals surface area contributed by atoms with Crippen molar-refractivity contribution in [3.05, 3.63) is 16.1 Å². The predicted octanol–water partition coefficient (Wildman–Crippen LogP) is 3.18. The van der Waals surface area contributed by atoms with Gasteiger partial charge in [-0.1, -0.05) is 0 Å². The van der Waals surface area contributed by atoms with Gasteiger partial charge in [-0.2, -0.15) is 0 Å². The first-order valence-corrected chi connectivity index (χ1v) is 8.04. The van der Waals surface area contributed by atoms with E-state index >= 15 is 0 Å². The first kappa shape index (κ1) is 12.9. The average Bonchev–Trinajstić information content (AvgIpc) is 3.26. The summed E-state index contributed by atoms with van der Waals surface area (Å²) in [5.74, 6) is 1.37. The van der Waals surface area contributed by atoms with Gasteiger partial charge in [-0.3, -0.25) is 0 Å². The number of nitrogens with one attached hydrogen (secondary N) is 2. The van der Waals surface area contributed by atoms with Crippen LogP contribution in [0, 0.1) is 5.92 Å². The number of thiazole rings is 1. The Kier molecular flexibility index (Phi) is 3.48. The normalized spacial score (nSPS) is 21.8. The molecule has 2 aliphatic rings. The van der Waals surface area contributed by atoms with Gasteiger partial charge in [-0.05, 0) is 45.4 Å². The van der Waals surface area contributed by atoms with Gasteiger partial charge in [-0.15, -0.1) is 11.3 Å². The molecule has 0 saturated heterocycles. The lowest BCUT2D eigenvalue weighted by Crippen LogP contribution is -2.42. The number of hydrogen-bond acceptors (Lipinski definition) is 3. The van der Waals surface area contributed by atoms with Gasteiger partial charge in [0.25, 0.3) is 0 Å². The molecular formula is C14H21N3OS. The number of nitrogens with zero attached hydrogens (tertiary/aromatic N) is 1. The quantitative estimate of drug-likeness (QED) is 0.869. The molecule has 5 heteroatoms. The Morgan fingerprint density at radius 1 is 1.32 bits per heavy atom. The second-order valence-corrected chi connectivity index (χ2v) is 6.74. The number of amides is 2. The van der Waals surface area contributed by atoms with E-state index in [0.29, 0.717) is 11.8 Å². The molecule has 104 valence electrons. The highest BCUT2D eigenvalue weighted by atomic mass is 32.1.